The van der Waals surface area contributed by atoms with Crippen LogP contribution >= 0.6 is 0 Å². The molecule has 202 valence electrons. The maximum Gasteiger partial charge on any atom is 0.416 e. The minimum absolute atomic E-state index is 0.124. The lowest BCUT2D eigenvalue weighted by Gasteiger charge is -2.60. The molecule has 0 bridgehead atoms. The van der Waals surface area contributed by atoms with Crippen LogP contribution in [0.15, 0.2) is 61.2 Å². The molecule has 0 aromatic heterocycles. The molecule has 2 aromatic carbocycles. The van der Waals surface area contributed by atoms with Crippen molar-refractivity contribution >= 4 is 5.91 Å². The van der Waals surface area contributed by atoms with Gasteiger partial charge in [-0.15, -0.1) is 6.58 Å². The summed E-state index contributed by atoms with van der Waals surface area (Å²) in [7, 11) is 3.46. The topological polar surface area (TPSA) is 53.0 Å². The molecule has 1 saturated heterocycles. The molecule has 38 heavy (non-hydrogen) atoms. The van der Waals surface area contributed by atoms with E-state index in [4.69, 9.17) is 4.74 Å². The van der Waals surface area contributed by atoms with Gasteiger partial charge in [0.25, 0.3) is 5.91 Å². The maximum absolute atomic E-state index is 13.1. The standard InChI is InChI=1S/C30H33F3N2O3/c1-4-17-35-18-16-28(24-6-5-7-26(36)19-24)20-25(14-15-29(28,21-35)38-3)34(2)27(37)13-10-22-8-11-23(12-9-22)30(31,32)33/h4-9,11-12,19,25,36H,1,14-18,20-21H2,2-3H3/t25-,28+,29+/m1/s1. The Morgan fingerprint density at radius 3 is 2.63 bits per heavy atom. The Labute approximate surface area is 221 Å². The van der Waals surface area contributed by atoms with Gasteiger partial charge < -0.3 is 14.7 Å². The Hall–Kier alpha value is -3.28. The van der Waals surface area contributed by atoms with Crippen LogP contribution in [0.2, 0.25) is 0 Å². The molecule has 1 saturated carbocycles. The molecule has 2 aromatic rings. The molecule has 0 unspecified atom stereocenters. The molecule has 2 aliphatic rings. The number of methoxy groups -OCH3 is 1. The normalized spacial score (nSPS) is 25.6. The van der Waals surface area contributed by atoms with Crippen LogP contribution in [0.1, 0.15) is 42.4 Å². The number of piperidine rings is 1. The number of alkyl halides is 3. The number of fused-ring (bicyclic) bond motifs is 1. The second-order valence-electron chi connectivity index (χ2n) is 10.2. The molecule has 0 spiro atoms. The van der Waals surface area contributed by atoms with Crippen molar-refractivity contribution in [2.75, 3.05) is 33.8 Å². The lowest BCUT2D eigenvalue weighted by molar-refractivity contribution is -0.157. The average Bonchev–Trinajstić information content (AvgIpc) is 2.90. The highest BCUT2D eigenvalue weighted by Crippen LogP contribution is 2.54. The van der Waals surface area contributed by atoms with Gasteiger partial charge in [0.05, 0.1) is 11.2 Å². The molecule has 5 nitrogen and oxygen atoms in total. The molecule has 8 heteroatoms. The third-order valence-electron chi connectivity index (χ3n) is 8.24. The number of halogens is 3. The highest BCUT2D eigenvalue weighted by atomic mass is 19.4. The molecule has 2 fully saturated rings. The quantitative estimate of drug-likeness (QED) is 0.441. The van der Waals surface area contributed by atoms with Crippen LogP contribution in [0.25, 0.3) is 0 Å². The summed E-state index contributed by atoms with van der Waals surface area (Å²) in [5, 5.41) is 10.3. The molecule has 1 aliphatic heterocycles. The van der Waals surface area contributed by atoms with E-state index in [0.29, 0.717) is 31.4 Å². The number of hydrogen-bond acceptors (Lipinski definition) is 4. The van der Waals surface area contributed by atoms with E-state index < -0.39 is 28.7 Å². The van der Waals surface area contributed by atoms with Crippen molar-refractivity contribution in [3.63, 3.8) is 0 Å². The minimum Gasteiger partial charge on any atom is -0.508 e. The summed E-state index contributed by atoms with van der Waals surface area (Å²) < 4.78 is 44.8. The number of phenols is 1. The molecule has 1 N–H and O–H groups in total. The van der Waals surface area contributed by atoms with Crippen molar-refractivity contribution in [1.29, 1.82) is 0 Å². The van der Waals surface area contributed by atoms with Crippen LogP contribution in [0.3, 0.4) is 0 Å². The first-order valence-corrected chi connectivity index (χ1v) is 12.7. The van der Waals surface area contributed by atoms with Crippen LogP contribution in [0.4, 0.5) is 13.2 Å². The summed E-state index contributed by atoms with van der Waals surface area (Å²) in [5.74, 6) is 5.10. The lowest BCUT2D eigenvalue weighted by atomic mass is 9.55. The Balaban J connectivity index is 1.60. The van der Waals surface area contributed by atoms with Crippen LogP contribution in [0.5, 0.6) is 5.75 Å². The van der Waals surface area contributed by atoms with E-state index >= 15 is 0 Å². The number of carbonyl (C=O) groups excluding carboxylic acids is 1. The predicted octanol–water partition coefficient (Wildman–Crippen LogP) is 4.99. The lowest BCUT2D eigenvalue weighted by Crippen LogP contribution is -2.68. The zero-order chi connectivity index (χ0) is 27.6. The van der Waals surface area contributed by atoms with Crippen molar-refractivity contribution in [2.24, 2.45) is 0 Å². The number of carbonyl (C=O) groups is 1. The zero-order valence-corrected chi connectivity index (χ0v) is 21.7. The highest BCUT2D eigenvalue weighted by molar-refractivity contribution is 5.94. The van der Waals surface area contributed by atoms with Gasteiger partial charge in [0, 0.05) is 50.2 Å². The van der Waals surface area contributed by atoms with Gasteiger partial charge in [0.15, 0.2) is 0 Å². The van der Waals surface area contributed by atoms with Crippen molar-refractivity contribution in [3.05, 3.63) is 77.9 Å². The number of benzene rings is 2. The van der Waals surface area contributed by atoms with E-state index in [-0.39, 0.29) is 11.8 Å². The van der Waals surface area contributed by atoms with Crippen LogP contribution in [0, 0.1) is 11.8 Å². The van der Waals surface area contributed by atoms with Gasteiger partial charge in [-0.1, -0.05) is 24.1 Å². The van der Waals surface area contributed by atoms with E-state index in [0.717, 1.165) is 37.2 Å². The van der Waals surface area contributed by atoms with E-state index in [1.165, 1.54) is 12.1 Å². The Bertz CT molecular complexity index is 1230. The van der Waals surface area contributed by atoms with Crippen molar-refractivity contribution in [2.45, 2.75) is 48.9 Å². The summed E-state index contributed by atoms with van der Waals surface area (Å²) in [6.45, 7) is 6.17. The van der Waals surface area contributed by atoms with E-state index in [9.17, 15) is 23.1 Å². The number of nitrogens with zero attached hydrogens (tertiary/aromatic N) is 2. The first-order valence-electron chi connectivity index (χ1n) is 12.7. The molecule has 1 amide bonds. The SMILES string of the molecule is C=CCN1CC[C@@]2(c3cccc(O)c3)C[C@H](N(C)C(=O)C#Cc3ccc(C(F)(F)F)cc3)CC[C@]2(OC)C1. The molecular formula is C30H33F3N2O3. The van der Waals surface area contributed by atoms with Gasteiger partial charge in [0.2, 0.25) is 0 Å². The summed E-state index contributed by atoms with van der Waals surface area (Å²) >= 11 is 0. The largest absolute Gasteiger partial charge is 0.508 e. The van der Waals surface area contributed by atoms with Crippen molar-refractivity contribution in [3.8, 4) is 17.6 Å². The minimum atomic E-state index is -4.42. The first kappa shape index (κ1) is 27.7. The number of ether oxygens (including phenoxy) is 1. The van der Waals surface area contributed by atoms with Crippen LogP contribution in [-0.2, 0) is 21.1 Å². The third-order valence-corrected chi connectivity index (χ3v) is 8.24. The fraction of sp³-hybridized carbons (Fsp3) is 0.433. The second-order valence-corrected chi connectivity index (χ2v) is 10.2. The molecule has 4 rings (SSSR count). The van der Waals surface area contributed by atoms with Crippen LogP contribution < -0.4 is 0 Å². The van der Waals surface area contributed by atoms with Crippen molar-refractivity contribution < 1.29 is 27.8 Å². The fourth-order valence-electron chi connectivity index (χ4n) is 6.16. The fourth-order valence-corrected chi connectivity index (χ4v) is 6.16. The van der Waals surface area contributed by atoms with Gasteiger partial charge in [0.1, 0.15) is 5.75 Å². The van der Waals surface area contributed by atoms with Gasteiger partial charge in [-0.3, -0.25) is 9.69 Å². The Morgan fingerprint density at radius 1 is 1.26 bits per heavy atom. The Kier molecular flexibility index (Phi) is 7.91. The molecular weight excluding hydrogens is 493 g/mol. The summed E-state index contributed by atoms with van der Waals surface area (Å²) in [6, 6.07) is 11.6. The summed E-state index contributed by atoms with van der Waals surface area (Å²) in [4.78, 5) is 17.0. The van der Waals surface area contributed by atoms with Gasteiger partial charge >= 0.3 is 6.18 Å². The second kappa shape index (κ2) is 10.8. The number of likely N-dealkylation sites (tertiary alicyclic amines) is 1. The van der Waals surface area contributed by atoms with E-state index in [1.54, 1.807) is 31.2 Å². The number of aromatic hydroxyl groups is 1. The monoisotopic (exact) mass is 526 g/mol. The highest BCUT2D eigenvalue weighted by Gasteiger charge is 2.59. The van der Waals surface area contributed by atoms with Crippen molar-refractivity contribution in [1.82, 2.24) is 9.80 Å². The van der Waals surface area contributed by atoms with Gasteiger partial charge in [-0.25, -0.2) is 0 Å². The summed E-state index contributed by atoms with van der Waals surface area (Å²) in [6.07, 6.45) is 0.304. The molecule has 1 heterocycles. The number of rotatable bonds is 5. The Morgan fingerprint density at radius 2 is 2.00 bits per heavy atom. The third kappa shape index (κ3) is 5.31. The number of phenolic OH excluding ortho intramolecular Hbond substituents is 1. The average molecular weight is 527 g/mol. The van der Waals surface area contributed by atoms with Crippen LogP contribution in [-0.4, -0.2) is 66.2 Å². The molecule has 3 atom stereocenters. The predicted molar refractivity (Wildman–Crippen MR) is 140 cm³/mol. The van der Waals surface area contributed by atoms with Gasteiger partial charge in [-0.2, -0.15) is 13.2 Å². The maximum atomic E-state index is 13.1. The molecule has 1 aliphatic carbocycles. The number of hydrogen-bond donors (Lipinski definition) is 1. The smallest absolute Gasteiger partial charge is 0.416 e. The first-order chi connectivity index (χ1) is 18.0. The van der Waals surface area contributed by atoms with E-state index in [1.807, 2.05) is 18.2 Å². The van der Waals surface area contributed by atoms with E-state index in [2.05, 4.69) is 23.3 Å². The number of amides is 1. The van der Waals surface area contributed by atoms with Gasteiger partial charge in [-0.05, 0) is 74.2 Å². The zero-order valence-electron chi connectivity index (χ0n) is 21.7. The summed E-state index contributed by atoms with van der Waals surface area (Å²) in [5.41, 5.74) is -0.372. The molecule has 0 radical (unpaired) electrons.